The van der Waals surface area contributed by atoms with Gasteiger partial charge in [-0.25, -0.2) is 0 Å². The summed E-state index contributed by atoms with van der Waals surface area (Å²) in [5, 5.41) is 20.3. The molecule has 39 heavy (non-hydrogen) atoms. The summed E-state index contributed by atoms with van der Waals surface area (Å²) in [4.78, 5) is 13.3. The van der Waals surface area contributed by atoms with Gasteiger partial charge in [-0.05, 0) is 50.0 Å². The maximum Gasteiger partial charge on any atom is 0.303 e. The predicted octanol–water partition coefficient (Wildman–Crippen LogP) is 7.33. The molecule has 0 atom stereocenters. The molecule has 3 aliphatic rings. The zero-order valence-electron chi connectivity index (χ0n) is 23.7. The van der Waals surface area contributed by atoms with Gasteiger partial charge >= 0.3 is 5.97 Å². The number of rotatable bonds is 8. The summed E-state index contributed by atoms with van der Waals surface area (Å²) < 4.78 is 2.21. The molecule has 0 aromatic heterocycles. The highest BCUT2D eigenvalue weighted by Gasteiger charge is 2.45. The number of aliphatic carboxylic acids is 1. The number of para-hydroxylation sites is 2. The van der Waals surface area contributed by atoms with E-state index in [0.717, 1.165) is 47.5 Å². The van der Waals surface area contributed by atoms with Crippen molar-refractivity contribution in [2.24, 2.45) is 0 Å². The van der Waals surface area contributed by atoms with Crippen LogP contribution in [0.4, 0.5) is 11.4 Å². The minimum absolute atomic E-state index is 0.181. The fourth-order valence-corrected chi connectivity index (χ4v) is 6.42. The molecule has 2 aromatic carbocycles. The number of benzene rings is 2. The summed E-state index contributed by atoms with van der Waals surface area (Å²) in [5.74, 6) is -0.458. The number of aliphatic hydroxyl groups is 1. The van der Waals surface area contributed by atoms with E-state index in [4.69, 9.17) is 5.11 Å². The molecule has 2 N–H and O–H groups in total. The highest BCUT2D eigenvalue weighted by atomic mass is 16.4. The number of hydrogen-bond acceptors (Lipinski definition) is 3. The van der Waals surface area contributed by atoms with Crippen molar-refractivity contribution in [3.63, 3.8) is 0 Å². The molecule has 0 bridgehead atoms. The molecule has 0 saturated carbocycles. The number of nitrogens with zero attached hydrogens (tertiary/aromatic N) is 2. The topological polar surface area (TPSA) is 63.8 Å². The van der Waals surface area contributed by atoms with Crippen LogP contribution in [0.15, 0.2) is 95.4 Å². The van der Waals surface area contributed by atoms with Gasteiger partial charge < -0.3 is 15.1 Å². The third kappa shape index (κ3) is 4.34. The number of unbranched alkanes of at least 4 members (excludes halogenated alkanes) is 2. The first kappa shape index (κ1) is 26.7. The number of allylic oxidation sites excluding steroid dienone is 5. The molecule has 0 spiro atoms. The Bertz CT molecular complexity index is 1500. The molecular formula is C34H39N2O3+. The van der Waals surface area contributed by atoms with Gasteiger partial charge in [0.1, 0.15) is 12.8 Å². The molecule has 0 radical (unpaired) electrons. The Balaban J connectivity index is 1.47. The van der Waals surface area contributed by atoms with Crippen LogP contribution in [0.3, 0.4) is 0 Å². The minimum Gasteiger partial charge on any atom is -0.507 e. The second kappa shape index (κ2) is 9.71. The van der Waals surface area contributed by atoms with E-state index >= 15 is 0 Å². The molecular weight excluding hydrogens is 484 g/mol. The number of carboxylic acids is 1. The van der Waals surface area contributed by atoms with Crippen molar-refractivity contribution < 1.29 is 19.6 Å². The Kier molecular flexibility index (Phi) is 6.66. The van der Waals surface area contributed by atoms with Crippen molar-refractivity contribution in [2.75, 3.05) is 18.5 Å². The van der Waals surface area contributed by atoms with Gasteiger partial charge in [-0.1, -0.05) is 63.2 Å². The van der Waals surface area contributed by atoms with E-state index in [0.29, 0.717) is 6.42 Å². The molecule has 5 rings (SSSR count). The first-order valence-electron chi connectivity index (χ1n) is 13.8. The van der Waals surface area contributed by atoms with Crippen molar-refractivity contribution in [3.8, 4) is 0 Å². The van der Waals surface area contributed by atoms with Crippen LogP contribution in [0.2, 0.25) is 0 Å². The first-order valence-corrected chi connectivity index (χ1v) is 13.8. The molecule has 2 aromatic rings. The van der Waals surface area contributed by atoms with Crippen LogP contribution in [-0.4, -0.2) is 40.1 Å². The molecule has 5 nitrogen and oxygen atoms in total. The molecule has 202 valence electrons. The minimum atomic E-state index is -0.743. The van der Waals surface area contributed by atoms with E-state index in [2.05, 4.69) is 111 Å². The van der Waals surface area contributed by atoms with Crippen LogP contribution >= 0.6 is 0 Å². The fourth-order valence-electron chi connectivity index (χ4n) is 6.42. The van der Waals surface area contributed by atoms with Crippen molar-refractivity contribution in [1.82, 2.24) is 0 Å². The number of fused-ring (bicyclic) bond motifs is 2. The number of carbonyl (C=O) groups is 1. The third-order valence-corrected chi connectivity index (χ3v) is 8.73. The highest BCUT2D eigenvalue weighted by Crippen LogP contribution is 2.50. The van der Waals surface area contributed by atoms with Gasteiger partial charge in [0.05, 0.1) is 5.41 Å². The number of hydrogen-bond donors (Lipinski definition) is 2. The lowest BCUT2D eigenvalue weighted by molar-refractivity contribution is -0.401. The summed E-state index contributed by atoms with van der Waals surface area (Å²) in [7, 11) is 2.08. The van der Waals surface area contributed by atoms with E-state index in [1.54, 1.807) is 0 Å². The Labute approximate surface area is 231 Å². The Morgan fingerprint density at radius 3 is 2.28 bits per heavy atom. The number of anilines is 1. The molecule has 2 heterocycles. The second-order valence-electron chi connectivity index (χ2n) is 11.9. The van der Waals surface area contributed by atoms with Crippen LogP contribution in [0.1, 0.15) is 64.5 Å². The fraction of sp³-hybridized carbons (Fsp3) is 0.353. The van der Waals surface area contributed by atoms with E-state index in [1.165, 1.54) is 22.5 Å². The van der Waals surface area contributed by atoms with Gasteiger partial charge in [-0.3, -0.25) is 4.79 Å². The van der Waals surface area contributed by atoms with Gasteiger partial charge in [-0.15, -0.1) is 0 Å². The highest BCUT2D eigenvalue weighted by molar-refractivity contribution is 6.05. The first-order chi connectivity index (χ1) is 18.5. The molecule has 0 fully saturated rings. The van der Waals surface area contributed by atoms with Gasteiger partial charge in [0.15, 0.2) is 5.71 Å². The van der Waals surface area contributed by atoms with Crippen molar-refractivity contribution in [1.29, 1.82) is 0 Å². The molecule has 0 unspecified atom stereocenters. The molecule has 0 saturated heterocycles. The number of carboxylic acid groups (broad SMARTS) is 1. The van der Waals surface area contributed by atoms with Gasteiger partial charge in [0, 0.05) is 58.6 Å². The average molecular weight is 524 g/mol. The summed E-state index contributed by atoms with van der Waals surface area (Å²) in [6.45, 7) is 14.1. The van der Waals surface area contributed by atoms with Crippen LogP contribution < -0.4 is 4.90 Å². The summed E-state index contributed by atoms with van der Waals surface area (Å²) in [6.07, 6.45) is 6.83. The van der Waals surface area contributed by atoms with Crippen LogP contribution in [-0.2, 0) is 15.6 Å². The molecule has 2 aliphatic heterocycles. The molecule has 0 amide bonds. The summed E-state index contributed by atoms with van der Waals surface area (Å²) in [5.41, 5.74) is 9.16. The average Bonchev–Trinajstić information content (AvgIpc) is 3.23. The smallest absolute Gasteiger partial charge is 0.303 e. The monoisotopic (exact) mass is 523 g/mol. The lowest BCUT2D eigenvalue weighted by Crippen LogP contribution is -2.29. The van der Waals surface area contributed by atoms with Gasteiger partial charge in [0.25, 0.3) is 0 Å². The van der Waals surface area contributed by atoms with Gasteiger partial charge in [-0.2, -0.15) is 4.58 Å². The van der Waals surface area contributed by atoms with E-state index in [-0.39, 0.29) is 23.0 Å². The van der Waals surface area contributed by atoms with E-state index < -0.39 is 5.97 Å². The molecule has 1 aliphatic carbocycles. The summed E-state index contributed by atoms with van der Waals surface area (Å²) in [6, 6.07) is 16.9. The standard InChI is InChI=1S/C34H38N2O3/c1-22-23(20-29-33(2,3)25-14-9-11-16-27(25)35(29)6)32(39)24(22)21-30-34(4,5)26-15-10-12-17-28(26)36(30)19-13-7-8-18-31(37)38/h9-12,14-17,20-21H,1,7-8,13,18-19H2,2-6H3,(H-,37,38,39)/p+1. The zero-order chi connectivity index (χ0) is 28.1. The summed E-state index contributed by atoms with van der Waals surface area (Å²) >= 11 is 0. The van der Waals surface area contributed by atoms with Gasteiger partial charge in [0.2, 0.25) is 5.69 Å². The SMILES string of the molecule is C=C1C(=CC2=[N+](C)c3ccccc3C2(C)C)C(O)=C1C=C1N(CCCCCC(=O)O)c2ccccc2C1(C)C. The van der Waals surface area contributed by atoms with Crippen molar-refractivity contribution in [3.05, 3.63) is 107 Å². The Morgan fingerprint density at radius 2 is 1.62 bits per heavy atom. The van der Waals surface area contributed by atoms with E-state index in [9.17, 15) is 9.90 Å². The second-order valence-corrected chi connectivity index (χ2v) is 11.9. The maximum atomic E-state index is 11.3. The van der Waals surface area contributed by atoms with Crippen LogP contribution in [0, 0.1) is 0 Å². The largest absolute Gasteiger partial charge is 0.507 e. The quantitative estimate of drug-likeness (QED) is 0.281. The Morgan fingerprint density at radius 1 is 0.949 bits per heavy atom. The predicted molar refractivity (Wildman–Crippen MR) is 158 cm³/mol. The maximum absolute atomic E-state index is 11.3. The Hall–Kier alpha value is -3.86. The molecule has 5 heteroatoms. The zero-order valence-corrected chi connectivity index (χ0v) is 23.7. The van der Waals surface area contributed by atoms with Crippen LogP contribution in [0.5, 0.6) is 0 Å². The third-order valence-electron chi connectivity index (χ3n) is 8.73. The normalized spacial score (nSPS) is 21.1. The lowest BCUT2D eigenvalue weighted by atomic mass is 9.76. The number of aliphatic hydroxyl groups excluding tert-OH is 1. The van der Waals surface area contributed by atoms with Crippen molar-refractivity contribution >= 4 is 23.1 Å². The lowest BCUT2D eigenvalue weighted by Gasteiger charge is -2.31. The van der Waals surface area contributed by atoms with E-state index in [1.807, 2.05) is 0 Å². The van der Waals surface area contributed by atoms with Crippen LogP contribution in [0.25, 0.3) is 0 Å². The van der Waals surface area contributed by atoms with Crippen molar-refractivity contribution in [2.45, 2.75) is 64.2 Å².